The predicted octanol–water partition coefficient (Wildman–Crippen LogP) is 6.26. The van der Waals surface area contributed by atoms with Crippen molar-refractivity contribution < 1.29 is 4.79 Å². The number of hydrogen-bond donors (Lipinski definition) is 1. The van der Waals surface area contributed by atoms with Crippen molar-refractivity contribution in [3.8, 4) is 17.1 Å². The molecule has 0 atom stereocenters. The fraction of sp³-hybridized carbons (Fsp3) is 0.148. The summed E-state index contributed by atoms with van der Waals surface area (Å²) >= 11 is 3.00. The number of hydrogen-bond acceptors (Lipinski definition) is 7. The number of amides is 1. The number of aryl methyl sites for hydroxylation is 3. The van der Waals surface area contributed by atoms with Crippen molar-refractivity contribution in [1.82, 2.24) is 24.7 Å². The van der Waals surface area contributed by atoms with Gasteiger partial charge in [0.2, 0.25) is 0 Å². The zero-order valence-electron chi connectivity index (χ0n) is 20.1. The maximum absolute atomic E-state index is 12.7. The average molecular weight is 513 g/mol. The summed E-state index contributed by atoms with van der Waals surface area (Å²) in [6, 6.07) is 17.9. The molecule has 1 N–H and O–H groups in total. The van der Waals surface area contributed by atoms with Crippen LogP contribution in [0, 0.1) is 20.8 Å². The van der Waals surface area contributed by atoms with Gasteiger partial charge in [0.05, 0.1) is 11.4 Å². The Morgan fingerprint density at radius 3 is 2.64 bits per heavy atom. The van der Waals surface area contributed by atoms with E-state index in [1.807, 2.05) is 56.3 Å². The number of benzene rings is 2. The second kappa shape index (κ2) is 10.4. The lowest BCUT2D eigenvalue weighted by Crippen LogP contribution is -2.12. The molecule has 3 aromatic heterocycles. The van der Waals surface area contributed by atoms with Gasteiger partial charge in [-0.05, 0) is 67.8 Å². The highest BCUT2D eigenvalue weighted by Gasteiger charge is 2.19. The Morgan fingerprint density at radius 2 is 1.86 bits per heavy atom. The average Bonchev–Trinajstić information content (AvgIpc) is 3.53. The highest BCUT2D eigenvalue weighted by Crippen LogP contribution is 2.31. The summed E-state index contributed by atoms with van der Waals surface area (Å²) in [6.45, 7) is 6.14. The third-order valence-corrected chi connectivity index (χ3v) is 7.76. The molecule has 0 spiro atoms. The van der Waals surface area contributed by atoms with Crippen molar-refractivity contribution in [1.29, 1.82) is 0 Å². The van der Waals surface area contributed by atoms with Gasteiger partial charge >= 0.3 is 0 Å². The van der Waals surface area contributed by atoms with E-state index in [0.717, 1.165) is 44.1 Å². The molecule has 0 radical (unpaired) electrons. The lowest BCUT2D eigenvalue weighted by atomic mass is 10.1. The molecular formula is C27H24N6OS2. The Bertz CT molecular complexity index is 1530. The summed E-state index contributed by atoms with van der Waals surface area (Å²) in [5.74, 6) is 1.08. The molecule has 5 aromatic rings. The predicted molar refractivity (Wildman–Crippen MR) is 145 cm³/mol. The van der Waals surface area contributed by atoms with Gasteiger partial charge in [-0.3, -0.25) is 14.3 Å². The van der Waals surface area contributed by atoms with E-state index in [-0.39, 0.29) is 5.91 Å². The van der Waals surface area contributed by atoms with Crippen LogP contribution in [-0.2, 0) is 5.75 Å². The standard InChI is InChI=1S/C27H24N6OS2/c1-17-10-11-21(13-19(17)3)29-26(34)22-15-35-24(30-22)16-36-27-32-31-25(20-8-6-12-28-14-20)33(27)23-9-5-4-7-18(23)2/h4-15H,16H2,1-3H3,(H,29,34). The van der Waals surface area contributed by atoms with Crippen LogP contribution in [0.4, 0.5) is 5.69 Å². The number of para-hydroxylation sites is 1. The van der Waals surface area contributed by atoms with Crippen LogP contribution < -0.4 is 5.32 Å². The summed E-state index contributed by atoms with van der Waals surface area (Å²) in [6.07, 6.45) is 3.53. The quantitative estimate of drug-likeness (QED) is 0.259. The maximum atomic E-state index is 12.7. The molecule has 0 saturated heterocycles. The topological polar surface area (TPSA) is 85.6 Å². The van der Waals surface area contributed by atoms with Crippen molar-refractivity contribution in [2.24, 2.45) is 0 Å². The summed E-state index contributed by atoms with van der Waals surface area (Å²) < 4.78 is 2.05. The monoisotopic (exact) mass is 512 g/mol. The number of thioether (sulfide) groups is 1. The minimum atomic E-state index is -0.215. The van der Waals surface area contributed by atoms with Crippen LogP contribution >= 0.6 is 23.1 Å². The first-order chi connectivity index (χ1) is 17.5. The third-order valence-electron chi connectivity index (χ3n) is 5.78. The number of carbonyl (C=O) groups is 1. The Kier molecular flexibility index (Phi) is 6.92. The Hall–Kier alpha value is -3.82. The largest absolute Gasteiger partial charge is 0.321 e. The van der Waals surface area contributed by atoms with Gasteiger partial charge < -0.3 is 5.32 Å². The van der Waals surface area contributed by atoms with Crippen molar-refractivity contribution in [3.63, 3.8) is 0 Å². The molecule has 5 rings (SSSR count). The number of anilines is 1. The van der Waals surface area contributed by atoms with E-state index in [1.165, 1.54) is 28.7 Å². The van der Waals surface area contributed by atoms with Gasteiger partial charge in [-0.1, -0.05) is 36.0 Å². The normalized spacial score (nSPS) is 11.0. The van der Waals surface area contributed by atoms with Gasteiger partial charge in [0.1, 0.15) is 10.7 Å². The molecule has 0 fully saturated rings. The molecule has 7 nitrogen and oxygen atoms in total. The summed E-state index contributed by atoms with van der Waals surface area (Å²) in [4.78, 5) is 21.5. The van der Waals surface area contributed by atoms with Gasteiger partial charge in [-0.25, -0.2) is 4.98 Å². The molecule has 0 aliphatic heterocycles. The number of aromatic nitrogens is 5. The molecule has 2 aromatic carbocycles. The first-order valence-electron chi connectivity index (χ1n) is 11.4. The van der Waals surface area contributed by atoms with E-state index in [1.54, 1.807) is 17.8 Å². The lowest BCUT2D eigenvalue weighted by Gasteiger charge is -2.12. The van der Waals surface area contributed by atoms with Gasteiger partial charge in [0.25, 0.3) is 5.91 Å². The van der Waals surface area contributed by atoms with Crippen LogP contribution in [0.2, 0.25) is 0 Å². The van der Waals surface area contributed by atoms with E-state index in [9.17, 15) is 4.79 Å². The van der Waals surface area contributed by atoms with Crippen LogP contribution in [0.1, 0.15) is 32.2 Å². The second-order valence-corrected chi connectivity index (χ2v) is 10.2. The first-order valence-corrected chi connectivity index (χ1v) is 13.2. The highest BCUT2D eigenvalue weighted by atomic mass is 32.2. The fourth-order valence-corrected chi connectivity index (χ4v) is 5.44. The molecule has 0 aliphatic carbocycles. The van der Waals surface area contributed by atoms with Gasteiger partial charge in [-0.2, -0.15) is 0 Å². The van der Waals surface area contributed by atoms with Crippen LogP contribution in [0.3, 0.4) is 0 Å². The number of rotatable bonds is 7. The number of pyridine rings is 1. The Labute approximate surface area is 217 Å². The molecule has 3 heterocycles. The number of carbonyl (C=O) groups excluding carboxylic acids is 1. The summed E-state index contributed by atoms with van der Waals surface area (Å²) in [5, 5.41) is 15.3. The van der Waals surface area contributed by atoms with E-state index in [2.05, 4.69) is 49.1 Å². The van der Waals surface area contributed by atoms with E-state index < -0.39 is 0 Å². The Balaban J connectivity index is 1.36. The Morgan fingerprint density at radius 1 is 1.00 bits per heavy atom. The molecule has 9 heteroatoms. The number of nitrogens with zero attached hydrogens (tertiary/aromatic N) is 5. The van der Waals surface area contributed by atoms with Crippen LogP contribution in [0.5, 0.6) is 0 Å². The van der Waals surface area contributed by atoms with Crippen molar-refractivity contribution >= 4 is 34.7 Å². The molecule has 180 valence electrons. The van der Waals surface area contributed by atoms with E-state index in [0.29, 0.717) is 11.4 Å². The molecule has 0 unspecified atom stereocenters. The highest BCUT2D eigenvalue weighted by molar-refractivity contribution is 7.98. The molecule has 36 heavy (non-hydrogen) atoms. The molecule has 0 bridgehead atoms. The second-order valence-electron chi connectivity index (χ2n) is 8.34. The zero-order chi connectivity index (χ0) is 25.1. The summed E-state index contributed by atoms with van der Waals surface area (Å²) in [7, 11) is 0. The van der Waals surface area contributed by atoms with Gasteiger partial charge in [-0.15, -0.1) is 21.5 Å². The first kappa shape index (κ1) is 23.9. The van der Waals surface area contributed by atoms with Gasteiger partial charge in [0.15, 0.2) is 11.0 Å². The molecular weight excluding hydrogens is 488 g/mol. The molecule has 0 aliphatic rings. The lowest BCUT2D eigenvalue weighted by molar-refractivity contribution is 0.102. The zero-order valence-corrected chi connectivity index (χ0v) is 21.7. The SMILES string of the molecule is Cc1ccc(NC(=O)c2csc(CSc3nnc(-c4cccnc4)n3-c3ccccc3C)n2)cc1C. The molecule has 1 amide bonds. The van der Waals surface area contributed by atoms with Crippen molar-refractivity contribution in [2.75, 3.05) is 5.32 Å². The van der Waals surface area contributed by atoms with E-state index >= 15 is 0 Å². The van der Waals surface area contributed by atoms with Crippen LogP contribution in [0.15, 0.2) is 77.5 Å². The van der Waals surface area contributed by atoms with Crippen LogP contribution in [-0.4, -0.2) is 30.6 Å². The third kappa shape index (κ3) is 5.07. The molecule has 0 saturated carbocycles. The van der Waals surface area contributed by atoms with E-state index in [4.69, 9.17) is 0 Å². The number of thiazole rings is 1. The smallest absolute Gasteiger partial charge is 0.275 e. The minimum absolute atomic E-state index is 0.215. The minimum Gasteiger partial charge on any atom is -0.321 e. The van der Waals surface area contributed by atoms with Crippen LogP contribution in [0.25, 0.3) is 17.1 Å². The van der Waals surface area contributed by atoms with Crippen molar-refractivity contribution in [2.45, 2.75) is 31.7 Å². The number of nitrogens with one attached hydrogen (secondary N) is 1. The maximum Gasteiger partial charge on any atom is 0.275 e. The van der Waals surface area contributed by atoms with Crippen molar-refractivity contribution in [3.05, 3.63) is 99.8 Å². The van der Waals surface area contributed by atoms with Gasteiger partial charge in [0, 0.05) is 29.0 Å². The summed E-state index contributed by atoms with van der Waals surface area (Å²) in [5.41, 5.74) is 6.50. The fourth-order valence-electron chi connectivity index (χ4n) is 3.70.